The van der Waals surface area contributed by atoms with Crippen molar-refractivity contribution >= 4 is 0 Å². The van der Waals surface area contributed by atoms with Gasteiger partial charge in [-0.2, -0.15) is 0 Å². The number of hydrogen-bond acceptors (Lipinski definition) is 3. The highest BCUT2D eigenvalue weighted by Gasteiger charge is 2.30. The van der Waals surface area contributed by atoms with Gasteiger partial charge in [0, 0.05) is 0 Å². The maximum atomic E-state index is 11.1. The molecule has 0 saturated carbocycles. The number of hydrogen-bond donors (Lipinski definition) is 3. The molecule has 0 unspecified atom stereocenters. The predicted octanol–water partition coefficient (Wildman–Crippen LogP) is 8.75. The van der Waals surface area contributed by atoms with Crippen molar-refractivity contribution in [3.05, 3.63) is 95.3 Å². The van der Waals surface area contributed by atoms with Crippen LogP contribution in [0.15, 0.2) is 95.3 Å². The van der Waals surface area contributed by atoms with Crippen molar-refractivity contribution in [1.82, 2.24) is 0 Å². The van der Waals surface area contributed by atoms with E-state index in [0.29, 0.717) is 12.8 Å². The molecule has 0 spiro atoms. The molecule has 3 N–H and O–H groups in total. The fourth-order valence-electron chi connectivity index (χ4n) is 3.67. The second kappa shape index (κ2) is 12.2. The van der Waals surface area contributed by atoms with Crippen molar-refractivity contribution in [3.63, 3.8) is 0 Å². The lowest BCUT2D eigenvalue weighted by atomic mass is 9.74. The summed E-state index contributed by atoms with van der Waals surface area (Å²) < 4.78 is 0. The Kier molecular flexibility index (Phi) is 11.2. The highest BCUT2D eigenvalue weighted by Crippen LogP contribution is 2.41. The van der Waals surface area contributed by atoms with E-state index in [4.69, 9.17) is 0 Å². The molecule has 3 nitrogen and oxygen atoms in total. The number of allylic oxidation sites excluding steroid dienone is 11. The molecule has 0 aliphatic carbocycles. The average molecular weight is 427 g/mol. The van der Waals surface area contributed by atoms with Crippen LogP contribution in [0.1, 0.15) is 68.2 Å². The van der Waals surface area contributed by atoms with E-state index in [0.717, 1.165) is 22.3 Å². The molecule has 0 aliphatic heterocycles. The minimum atomic E-state index is -0.444. The van der Waals surface area contributed by atoms with Crippen molar-refractivity contribution < 1.29 is 15.3 Å². The monoisotopic (exact) mass is 426 g/mol. The van der Waals surface area contributed by atoms with Gasteiger partial charge in [0.15, 0.2) is 0 Å². The third kappa shape index (κ3) is 8.16. The van der Waals surface area contributed by atoms with E-state index < -0.39 is 5.41 Å². The number of aliphatic hydroxyl groups is 3. The molecule has 0 rings (SSSR count). The SMILES string of the molecule is C=C/C=C(\C(O)=C/C=C)C(C)(C)C/C(C)=C(O)/C(=C\C)C(C)(C)C/C=C(O)/C(C)=C\C. The van der Waals surface area contributed by atoms with Crippen LogP contribution in [0.2, 0.25) is 0 Å². The summed E-state index contributed by atoms with van der Waals surface area (Å²) in [5, 5.41) is 31.8. The van der Waals surface area contributed by atoms with Crippen LogP contribution in [0, 0.1) is 10.8 Å². The molecule has 0 bridgehead atoms. The Morgan fingerprint density at radius 1 is 0.774 bits per heavy atom. The van der Waals surface area contributed by atoms with E-state index in [1.54, 1.807) is 30.4 Å². The van der Waals surface area contributed by atoms with E-state index in [2.05, 4.69) is 13.2 Å². The first-order chi connectivity index (χ1) is 14.3. The van der Waals surface area contributed by atoms with E-state index in [1.807, 2.05) is 67.5 Å². The van der Waals surface area contributed by atoms with Gasteiger partial charge in [0.2, 0.25) is 0 Å². The fourth-order valence-corrected chi connectivity index (χ4v) is 3.67. The van der Waals surface area contributed by atoms with Crippen molar-refractivity contribution in [2.45, 2.75) is 68.2 Å². The Morgan fingerprint density at radius 2 is 1.32 bits per heavy atom. The molecule has 0 amide bonds. The zero-order valence-corrected chi connectivity index (χ0v) is 20.7. The third-order valence-electron chi connectivity index (χ3n) is 5.59. The minimum absolute atomic E-state index is 0.138. The van der Waals surface area contributed by atoms with Gasteiger partial charge in [0.1, 0.15) is 17.3 Å². The molecule has 0 fully saturated rings. The second-order valence-corrected chi connectivity index (χ2v) is 9.14. The van der Waals surface area contributed by atoms with Gasteiger partial charge in [0.05, 0.1) is 0 Å². The summed E-state index contributed by atoms with van der Waals surface area (Å²) in [4.78, 5) is 0. The summed E-state index contributed by atoms with van der Waals surface area (Å²) in [5.74, 6) is 0.649. The standard InChI is InChI=1S/C28H42O3/c1-11-15-23(25(30)16-12-2)28(9,10)19-21(6)26(31)22(14-4)27(7,8)18-17-24(29)20(5)13-3/h11-17,29-31H,1-2,18-19H2,3-10H3/b20-13-,22-14+,23-15+,24-17-,25-16+,26-21-. The molecule has 0 radical (unpaired) electrons. The molecule has 172 valence electrons. The van der Waals surface area contributed by atoms with Gasteiger partial charge in [-0.25, -0.2) is 0 Å². The third-order valence-corrected chi connectivity index (χ3v) is 5.59. The van der Waals surface area contributed by atoms with Gasteiger partial charge in [0.25, 0.3) is 0 Å². The zero-order valence-electron chi connectivity index (χ0n) is 20.7. The number of aliphatic hydroxyl groups excluding tert-OH is 3. The maximum absolute atomic E-state index is 11.1. The van der Waals surface area contributed by atoms with Gasteiger partial charge in [-0.1, -0.05) is 71.2 Å². The smallest absolute Gasteiger partial charge is 0.119 e. The minimum Gasteiger partial charge on any atom is -0.508 e. The van der Waals surface area contributed by atoms with Gasteiger partial charge >= 0.3 is 0 Å². The van der Waals surface area contributed by atoms with E-state index in [1.165, 1.54) is 0 Å². The molecule has 0 aromatic rings. The largest absolute Gasteiger partial charge is 0.508 e. The molecule has 0 saturated heterocycles. The molecule has 31 heavy (non-hydrogen) atoms. The molecule has 0 aromatic carbocycles. The lowest BCUT2D eigenvalue weighted by Crippen LogP contribution is -2.20. The lowest BCUT2D eigenvalue weighted by molar-refractivity contribution is 0.334. The van der Waals surface area contributed by atoms with Gasteiger partial charge in [-0.05, 0) is 85.8 Å². The topological polar surface area (TPSA) is 60.7 Å². The van der Waals surface area contributed by atoms with Crippen LogP contribution in [0.3, 0.4) is 0 Å². The van der Waals surface area contributed by atoms with Crippen molar-refractivity contribution in [2.24, 2.45) is 10.8 Å². The normalized spacial score (nSPS) is 16.2. The average Bonchev–Trinajstić information content (AvgIpc) is 2.69. The molecule has 0 heterocycles. The fraction of sp³-hybridized carbons (Fsp3) is 0.429. The summed E-state index contributed by atoms with van der Waals surface area (Å²) in [7, 11) is 0. The summed E-state index contributed by atoms with van der Waals surface area (Å²) in [5.41, 5.74) is 2.38. The summed E-state index contributed by atoms with van der Waals surface area (Å²) in [6, 6.07) is 0. The first-order valence-corrected chi connectivity index (χ1v) is 10.7. The van der Waals surface area contributed by atoms with Crippen LogP contribution in [0.25, 0.3) is 0 Å². The Bertz CT molecular complexity index is 837. The van der Waals surface area contributed by atoms with Crippen LogP contribution < -0.4 is 0 Å². The molecule has 0 atom stereocenters. The van der Waals surface area contributed by atoms with Crippen LogP contribution in [0.5, 0.6) is 0 Å². The zero-order chi connectivity index (χ0) is 24.4. The Labute approximate surface area is 189 Å². The number of rotatable bonds is 11. The second-order valence-electron chi connectivity index (χ2n) is 9.14. The maximum Gasteiger partial charge on any atom is 0.119 e. The van der Waals surface area contributed by atoms with E-state index in [9.17, 15) is 15.3 Å². The highest BCUT2D eigenvalue weighted by atomic mass is 16.3. The molecule has 0 aromatic heterocycles. The Hall–Kier alpha value is -2.68. The van der Waals surface area contributed by atoms with E-state index >= 15 is 0 Å². The Balaban J connectivity index is 6.04. The van der Waals surface area contributed by atoms with Crippen LogP contribution in [-0.2, 0) is 0 Å². The molecular formula is C28H42O3. The Morgan fingerprint density at radius 3 is 1.77 bits per heavy atom. The molecule has 0 aliphatic rings. The van der Waals surface area contributed by atoms with Crippen LogP contribution >= 0.6 is 0 Å². The van der Waals surface area contributed by atoms with Crippen molar-refractivity contribution in [2.75, 3.05) is 0 Å². The summed E-state index contributed by atoms with van der Waals surface area (Å²) in [6.07, 6.45) is 13.2. The molecular weight excluding hydrogens is 384 g/mol. The predicted molar refractivity (Wildman–Crippen MR) is 135 cm³/mol. The van der Waals surface area contributed by atoms with Crippen LogP contribution in [-0.4, -0.2) is 15.3 Å². The summed E-state index contributed by atoms with van der Waals surface area (Å²) in [6.45, 7) is 23.1. The highest BCUT2D eigenvalue weighted by molar-refractivity contribution is 5.39. The first-order valence-electron chi connectivity index (χ1n) is 10.7. The first kappa shape index (κ1) is 28.3. The van der Waals surface area contributed by atoms with Gasteiger partial charge in [-0.15, -0.1) is 0 Å². The van der Waals surface area contributed by atoms with Crippen molar-refractivity contribution in [1.29, 1.82) is 0 Å². The van der Waals surface area contributed by atoms with Gasteiger partial charge < -0.3 is 15.3 Å². The summed E-state index contributed by atoms with van der Waals surface area (Å²) >= 11 is 0. The van der Waals surface area contributed by atoms with E-state index in [-0.39, 0.29) is 22.7 Å². The van der Waals surface area contributed by atoms with Gasteiger partial charge in [-0.3, -0.25) is 0 Å². The van der Waals surface area contributed by atoms with Crippen molar-refractivity contribution in [3.8, 4) is 0 Å². The lowest BCUT2D eigenvalue weighted by Gasteiger charge is -2.31. The quantitative estimate of drug-likeness (QED) is 0.228. The van der Waals surface area contributed by atoms with Crippen LogP contribution in [0.4, 0.5) is 0 Å². The molecule has 3 heteroatoms.